The first-order valence-corrected chi connectivity index (χ1v) is 6.81. The molecule has 1 aliphatic carbocycles. The third kappa shape index (κ3) is 3.44. The van der Waals surface area contributed by atoms with Crippen LogP contribution >= 0.6 is 0 Å². The van der Waals surface area contributed by atoms with E-state index in [9.17, 15) is 9.59 Å². The van der Waals surface area contributed by atoms with Crippen molar-refractivity contribution in [2.45, 2.75) is 25.7 Å². The molecule has 0 saturated heterocycles. The standard InChI is InChI=1S/C17H18O3/c1-20-17(19)15(12-13-8-4-2-5-9-13)16(18)14-10-6-3-7-11-14/h2,4-5,8-10,12H,3,6-7,11H2,1H3/b15-12-. The Labute approximate surface area is 118 Å². The minimum atomic E-state index is -0.578. The topological polar surface area (TPSA) is 43.4 Å². The van der Waals surface area contributed by atoms with Gasteiger partial charge in [0.15, 0.2) is 5.78 Å². The molecule has 0 aliphatic heterocycles. The second-order valence-electron chi connectivity index (χ2n) is 4.76. The molecule has 3 heteroatoms. The predicted molar refractivity (Wildman–Crippen MR) is 78.0 cm³/mol. The Morgan fingerprint density at radius 3 is 2.50 bits per heavy atom. The fourth-order valence-electron chi connectivity index (χ4n) is 2.26. The van der Waals surface area contributed by atoms with E-state index in [-0.39, 0.29) is 11.4 Å². The molecule has 0 unspecified atom stereocenters. The summed E-state index contributed by atoms with van der Waals surface area (Å²) in [5, 5.41) is 0. The van der Waals surface area contributed by atoms with E-state index in [0.717, 1.165) is 36.8 Å². The maximum atomic E-state index is 12.5. The molecule has 3 nitrogen and oxygen atoms in total. The normalized spacial score (nSPS) is 15.4. The monoisotopic (exact) mass is 270 g/mol. The van der Waals surface area contributed by atoms with Gasteiger partial charge in [-0.25, -0.2) is 4.79 Å². The van der Waals surface area contributed by atoms with Crippen LogP contribution in [0.4, 0.5) is 0 Å². The van der Waals surface area contributed by atoms with Crippen molar-refractivity contribution in [3.63, 3.8) is 0 Å². The van der Waals surface area contributed by atoms with Gasteiger partial charge in [-0.15, -0.1) is 0 Å². The van der Waals surface area contributed by atoms with Crippen molar-refractivity contribution in [1.82, 2.24) is 0 Å². The number of benzene rings is 1. The van der Waals surface area contributed by atoms with E-state index < -0.39 is 5.97 Å². The van der Waals surface area contributed by atoms with Crippen molar-refractivity contribution < 1.29 is 14.3 Å². The number of allylic oxidation sites excluding steroid dienone is 2. The van der Waals surface area contributed by atoms with Crippen molar-refractivity contribution in [3.05, 3.63) is 53.1 Å². The van der Waals surface area contributed by atoms with Gasteiger partial charge in [0.2, 0.25) is 0 Å². The van der Waals surface area contributed by atoms with Crippen molar-refractivity contribution in [3.8, 4) is 0 Å². The largest absolute Gasteiger partial charge is 0.465 e. The number of carbonyl (C=O) groups excluding carboxylic acids is 2. The molecule has 0 fully saturated rings. The third-order valence-electron chi connectivity index (χ3n) is 3.34. The van der Waals surface area contributed by atoms with Crippen molar-refractivity contribution in [1.29, 1.82) is 0 Å². The lowest BCUT2D eigenvalue weighted by Crippen LogP contribution is -2.17. The number of carbonyl (C=O) groups is 2. The number of rotatable bonds is 4. The summed E-state index contributed by atoms with van der Waals surface area (Å²) in [6, 6.07) is 9.33. The predicted octanol–water partition coefficient (Wildman–Crippen LogP) is 3.31. The molecule has 0 atom stereocenters. The van der Waals surface area contributed by atoms with E-state index in [1.165, 1.54) is 7.11 Å². The summed E-state index contributed by atoms with van der Waals surface area (Å²) in [4.78, 5) is 24.3. The summed E-state index contributed by atoms with van der Waals surface area (Å²) >= 11 is 0. The lowest BCUT2D eigenvalue weighted by atomic mass is 9.92. The smallest absolute Gasteiger partial charge is 0.341 e. The number of hydrogen-bond donors (Lipinski definition) is 0. The van der Waals surface area contributed by atoms with Crippen LogP contribution in [-0.2, 0) is 14.3 Å². The van der Waals surface area contributed by atoms with Gasteiger partial charge in [0.05, 0.1) is 7.11 Å². The Hall–Kier alpha value is -2.16. The fraction of sp³-hybridized carbons (Fsp3) is 0.294. The molecule has 0 radical (unpaired) electrons. The Morgan fingerprint density at radius 1 is 1.15 bits per heavy atom. The van der Waals surface area contributed by atoms with E-state index in [2.05, 4.69) is 0 Å². The van der Waals surface area contributed by atoms with E-state index in [4.69, 9.17) is 4.74 Å². The van der Waals surface area contributed by atoms with Crippen LogP contribution < -0.4 is 0 Å². The van der Waals surface area contributed by atoms with Gasteiger partial charge >= 0.3 is 5.97 Å². The zero-order valence-corrected chi connectivity index (χ0v) is 11.6. The van der Waals surface area contributed by atoms with E-state index in [1.54, 1.807) is 6.08 Å². The summed E-state index contributed by atoms with van der Waals surface area (Å²) in [5.41, 5.74) is 1.65. The Balaban J connectivity index is 2.33. The van der Waals surface area contributed by atoms with Gasteiger partial charge in [-0.2, -0.15) is 0 Å². The SMILES string of the molecule is COC(=O)/C(=C\c1ccccc1)C(=O)C1=CCCCC1. The molecular weight excluding hydrogens is 252 g/mol. The quantitative estimate of drug-likeness (QED) is 0.365. The first kappa shape index (κ1) is 14.3. The highest BCUT2D eigenvalue weighted by atomic mass is 16.5. The summed E-state index contributed by atoms with van der Waals surface area (Å²) in [6.07, 6.45) is 7.28. The highest BCUT2D eigenvalue weighted by Crippen LogP contribution is 2.22. The molecule has 0 N–H and O–H groups in total. The van der Waals surface area contributed by atoms with Gasteiger partial charge < -0.3 is 4.74 Å². The van der Waals surface area contributed by atoms with Crippen LogP contribution in [0.1, 0.15) is 31.2 Å². The van der Waals surface area contributed by atoms with E-state index >= 15 is 0 Å². The first-order valence-electron chi connectivity index (χ1n) is 6.81. The maximum Gasteiger partial charge on any atom is 0.341 e. The molecule has 1 aromatic rings. The zero-order chi connectivity index (χ0) is 14.4. The van der Waals surface area contributed by atoms with Crippen LogP contribution in [0.25, 0.3) is 6.08 Å². The van der Waals surface area contributed by atoms with E-state index in [0.29, 0.717) is 0 Å². The van der Waals surface area contributed by atoms with Gasteiger partial charge in [-0.05, 0) is 42.9 Å². The number of ether oxygens (including phenoxy) is 1. The molecule has 104 valence electrons. The molecule has 0 saturated carbocycles. The summed E-state index contributed by atoms with van der Waals surface area (Å²) in [6.45, 7) is 0. The van der Waals surface area contributed by atoms with Crippen molar-refractivity contribution in [2.24, 2.45) is 0 Å². The maximum absolute atomic E-state index is 12.5. The van der Waals surface area contributed by atoms with Crippen molar-refractivity contribution in [2.75, 3.05) is 7.11 Å². The highest BCUT2D eigenvalue weighted by Gasteiger charge is 2.23. The van der Waals surface area contributed by atoms with Crippen molar-refractivity contribution >= 4 is 17.8 Å². The van der Waals surface area contributed by atoms with Gasteiger partial charge in [0, 0.05) is 0 Å². The molecule has 0 bridgehead atoms. The lowest BCUT2D eigenvalue weighted by Gasteiger charge is -2.12. The molecule has 0 amide bonds. The average molecular weight is 270 g/mol. The van der Waals surface area contributed by atoms with E-state index in [1.807, 2.05) is 36.4 Å². The first-order chi connectivity index (χ1) is 9.72. The molecule has 20 heavy (non-hydrogen) atoms. The summed E-state index contributed by atoms with van der Waals surface area (Å²) < 4.78 is 4.74. The number of Topliss-reactive ketones (excluding diaryl/α,β-unsaturated/α-hetero) is 1. The Bertz CT molecular complexity index is 553. The van der Waals surface area contributed by atoms with Crippen LogP contribution in [0, 0.1) is 0 Å². The van der Waals surface area contributed by atoms with Gasteiger partial charge in [-0.1, -0.05) is 36.4 Å². The molecule has 0 aromatic heterocycles. The van der Waals surface area contributed by atoms with Gasteiger partial charge in [-0.3, -0.25) is 4.79 Å². The average Bonchev–Trinajstić information content (AvgIpc) is 2.53. The number of hydrogen-bond acceptors (Lipinski definition) is 3. The lowest BCUT2D eigenvalue weighted by molar-refractivity contribution is -0.137. The van der Waals surface area contributed by atoms with Gasteiger partial charge in [0.1, 0.15) is 5.57 Å². The fourth-order valence-corrected chi connectivity index (χ4v) is 2.26. The van der Waals surface area contributed by atoms with Crippen LogP contribution in [0.15, 0.2) is 47.6 Å². The van der Waals surface area contributed by atoms with Crippen LogP contribution in [-0.4, -0.2) is 18.9 Å². The molecule has 1 aromatic carbocycles. The molecule has 2 rings (SSSR count). The second kappa shape index (κ2) is 6.85. The zero-order valence-electron chi connectivity index (χ0n) is 11.6. The minimum absolute atomic E-state index is 0.104. The third-order valence-corrected chi connectivity index (χ3v) is 3.34. The molecule has 0 spiro atoms. The van der Waals surface area contributed by atoms with Gasteiger partial charge in [0.25, 0.3) is 0 Å². The highest BCUT2D eigenvalue weighted by molar-refractivity contribution is 6.26. The summed E-state index contributed by atoms with van der Waals surface area (Å²) in [5.74, 6) is -0.786. The molecular formula is C17H18O3. The van der Waals surface area contributed by atoms with Crippen LogP contribution in [0.2, 0.25) is 0 Å². The number of ketones is 1. The Morgan fingerprint density at radius 2 is 1.90 bits per heavy atom. The molecule has 0 heterocycles. The molecule has 1 aliphatic rings. The number of esters is 1. The van der Waals surface area contributed by atoms with Crippen LogP contribution in [0.5, 0.6) is 0 Å². The Kier molecular flexibility index (Phi) is 4.88. The summed E-state index contributed by atoms with van der Waals surface area (Å²) in [7, 11) is 1.30. The van der Waals surface area contributed by atoms with Crippen LogP contribution in [0.3, 0.4) is 0 Å². The minimum Gasteiger partial charge on any atom is -0.465 e. The number of methoxy groups -OCH3 is 1. The second-order valence-corrected chi connectivity index (χ2v) is 4.76.